The Morgan fingerprint density at radius 2 is 1.67 bits per heavy atom. The molecule has 3 unspecified atom stereocenters. The second-order valence-electron chi connectivity index (χ2n) is 6.53. The van der Waals surface area contributed by atoms with Crippen LogP contribution in [0.25, 0.3) is 0 Å². The number of nitrogens with zero attached hydrogens (tertiary/aromatic N) is 1. The van der Waals surface area contributed by atoms with Gasteiger partial charge in [0, 0.05) is 24.0 Å². The van der Waals surface area contributed by atoms with Crippen molar-refractivity contribution >= 4 is 5.91 Å². The first-order chi connectivity index (χ1) is 8.50. The molecular formula is C15H28N2O. The highest BCUT2D eigenvalue weighted by Crippen LogP contribution is 2.32. The quantitative estimate of drug-likeness (QED) is 0.779. The van der Waals surface area contributed by atoms with Crippen molar-refractivity contribution in [2.24, 2.45) is 17.6 Å². The summed E-state index contributed by atoms with van der Waals surface area (Å²) in [6.07, 6.45) is 6.57. The summed E-state index contributed by atoms with van der Waals surface area (Å²) in [5.74, 6) is 1.11. The van der Waals surface area contributed by atoms with Crippen LogP contribution in [0.5, 0.6) is 0 Å². The monoisotopic (exact) mass is 252 g/mol. The maximum atomic E-state index is 12.7. The Bertz CT molecular complexity index is 295. The summed E-state index contributed by atoms with van der Waals surface area (Å²) < 4.78 is 0. The van der Waals surface area contributed by atoms with Gasteiger partial charge in [-0.1, -0.05) is 6.92 Å². The summed E-state index contributed by atoms with van der Waals surface area (Å²) in [6, 6.07) is 1.14. The fraction of sp³-hybridized carbons (Fsp3) is 0.933. The van der Waals surface area contributed by atoms with E-state index in [1.807, 2.05) is 0 Å². The molecule has 2 fully saturated rings. The second kappa shape index (κ2) is 5.60. The molecule has 1 heterocycles. The lowest BCUT2D eigenvalue weighted by Crippen LogP contribution is -2.51. The molecule has 18 heavy (non-hydrogen) atoms. The van der Waals surface area contributed by atoms with Gasteiger partial charge in [-0.2, -0.15) is 0 Å². The zero-order chi connectivity index (χ0) is 13.3. The molecule has 5 atom stereocenters. The molecule has 104 valence electrons. The van der Waals surface area contributed by atoms with Crippen LogP contribution in [0.4, 0.5) is 0 Å². The second-order valence-corrected chi connectivity index (χ2v) is 6.53. The summed E-state index contributed by atoms with van der Waals surface area (Å²) >= 11 is 0. The van der Waals surface area contributed by atoms with Crippen molar-refractivity contribution < 1.29 is 4.79 Å². The van der Waals surface area contributed by atoms with Crippen molar-refractivity contribution in [2.75, 3.05) is 0 Å². The Morgan fingerprint density at radius 1 is 1.06 bits per heavy atom. The molecule has 2 rings (SSSR count). The molecule has 0 aromatic rings. The van der Waals surface area contributed by atoms with Crippen LogP contribution in [-0.2, 0) is 4.79 Å². The molecule has 0 radical (unpaired) electrons. The summed E-state index contributed by atoms with van der Waals surface area (Å²) in [7, 11) is 0. The van der Waals surface area contributed by atoms with Gasteiger partial charge < -0.3 is 10.6 Å². The lowest BCUT2D eigenvalue weighted by Gasteiger charge is -2.42. The Morgan fingerprint density at radius 3 is 2.22 bits per heavy atom. The third-order valence-electron chi connectivity index (χ3n) is 5.03. The van der Waals surface area contributed by atoms with Crippen molar-refractivity contribution in [3.63, 3.8) is 0 Å². The van der Waals surface area contributed by atoms with Crippen molar-refractivity contribution in [1.82, 2.24) is 4.90 Å². The van der Waals surface area contributed by atoms with Crippen LogP contribution in [0.3, 0.4) is 0 Å². The fourth-order valence-electron chi connectivity index (χ4n) is 3.71. The Balaban J connectivity index is 2.01. The van der Waals surface area contributed by atoms with Crippen LogP contribution in [-0.4, -0.2) is 28.9 Å². The Labute approximate surface area is 111 Å². The summed E-state index contributed by atoms with van der Waals surface area (Å²) in [5, 5.41) is 0. The van der Waals surface area contributed by atoms with Gasteiger partial charge in [-0.25, -0.2) is 0 Å². The highest BCUT2D eigenvalue weighted by molar-refractivity contribution is 5.79. The van der Waals surface area contributed by atoms with Crippen LogP contribution in [0.2, 0.25) is 0 Å². The van der Waals surface area contributed by atoms with E-state index >= 15 is 0 Å². The van der Waals surface area contributed by atoms with Crippen LogP contribution >= 0.6 is 0 Å². The molecule has 1 aliphatic heterocycles. The predicted octanol–water partition coefficient (Wildman–Crippen LogP) is 2.54. The number of carbonyl (C=O) groups is 1. The molecule has 1 saturated heterocycles. The minimum atomic E-state index is 0.225. The number of likely N-dealkylation sites (tertiary alicyclic amines) is 1. The summed E-state index contributed by atoms with van der Waals surface area (Å²) in [5.41, 5.74) is 6.05. The van der Waals surface area contributed by atoms with Crippen molar-refractivity contribution in [3.05, 3.63) is 0 Å². The molecule has 1 saturated carbocycles. The van der Waals surface area contributed by atoms with Gasteiger partial charge in [-0.3, -0.25) is 4.79 Å². The van der Waals surface area contributed by atoms with E-state index in [9.17, 15) is 4.79 Å². The molecule has 2 aliphatic rings. The van der Waals surface area contributed by atoms with Gasteiger partial charge in [-0.05, 0) is 58.3 Å². The van der Waals surface area contributed by atoms with E-state index in [2.05, 4.69) is 25.7 Å². The highest BCUT2D eigenvalue weighted by atomic mass is 16.2. The van der Waals surface area contributed by atoms with Crippen molar-refractivity contribution in [1.29, 1.82) is 0 Å². The van der Waals surface area contributed by atoms with Crippen molar-refractivity contribution in [2.45, 2.75) is 77.4 Å². The number of rotatable bonds is 1. The Kier molecular flexibility index (Phi) is 4.31. The van der Waals surface area contributed by atoms with Crippen LogP contribution in [0.15, 0.2) is 0 Å². The number of nitrogens with two attached hydrogens (primary N) is 1. The normalized spacial score (nSPS) is 41.8. The molecule has 3 heteroatoms. The van der Waals surface area contributed by atoms with Crippen LogP contribution in [0.1, 0.15) is 59.3 Å². The molecule has 3 nitrogen and oxygen atoms in total. The topological polar surface area (TPSA) is 46.3 Å². The van der Waals surface area contributed by atoms with Crippen LogP contribution < -0.4 is 5.73 Å². The van der Waals surface area contributed by atoms with Crippen LogP contribution in [0, 0.1) is 11.8 Å². The number of piperidine rings is 1. The Hall–Kier alpha value is -0.570. The number of hydrogen-bond acceptors (Lipinski definition) is 2. The lowest BCUT2D eigenvalue weighted by atomic mass is 9.78. The predicted molar refractivity (Wildman–Crippen MR) is 74.1 cm³/mol. The van der Waals surface area contributed by atoms with Gasteiger partial charge in [0.1, 0.15) is 0 Å². The third kappa shape index (κ3) is 2.71. The van der Waals surface area contributed by atoms with E-state index in [-0.39, 0.29) is 5.92 Å². The molecule has 0 bridgehead atoms. The first-order valence-corrected chi connectivity index (χ1v) is 7.58. The lowest BCUT2D eigenvalue weighted by molar-refractivity contribution is -0.143. The minimum absolute atomic E-state index is 0.225. The number of hydrogen-bond donors (Lipinski definition) is 1. The molecular weight excluding hydrogens is 224 g/mol. The fourth-order valence-corrected chi connectivity index (χ4v) is 3.71. The zero-order valence-electron chi connectivity index (χ0n) is 12.1. The molecule has 2 N–H and O–H groups in total. The van der Waals surface area contributed by atoms with Gasteiger partial charge in [0.2, 0.25) is 5.91 Å². The van der Waals surface area contributed by atoms with E-state index in [1.165, 1.54) is 6.42 Å². The maximum Gasteiger partial charge on any atom is 0.226 e. The van der Waals surface area contributed by atoms with Gasteiger partial charge >= 0.3 is 0 Å². The van der Waals surface area contributed by atoms with E-state index < -0.39 is 0 Å². The SMILES string of the molecule is CC1CC(C(=O)N2[C@H](C)CCC[C@@H]2C)CCC1N. The van der Waals surface area contributed by atoms with E-state index in [4.69, 9.17) is 5.73 Å². The van der Waals surface area contributed by atoms with E-state index in [1.54, 1.807) is 0 Å². The molecule has 0 spiro atoms. The first-order valence-electron chi connectivity index (χ1n) is 7.58. The van der Waals surface area contributed by atoms with Gasteiger partial charge in [0.05, 0.1) is 0 Å². The van der Waals surface area contributed by atoms with E-state index in [0.29, 0.717) is 30.0 Å². The maximum absolute atomic E-state index is 12.7. The number of amides is 1. The zero-order valence-corrected chi connectivity index (χ0v) is 12.1. The first kappa shape index (κ1) is 13.9. The molecule has 0 aromatic heterocycles. The summed E-state index contributed by atoms with van der Waals surface area (Å²) in [4.78, 5) is 14.9. The molecule has 1 aliphatic carbocycles. The van der Waals surface area contributed by atoms with E-state index in [0.717, 1.165) is 32.1 Å². The summed E-state index contributed by atoms with van der Waals surface area (Å²) in [6.45, 7) is 6.59. The smallest absolute Gasteiger partial charge is 0.226 e. The van der Waals surface area contributed by atoms with Gasteiger partial charge in [0.25, 0.3) is 0 Å². The van der Waals surface area contributed by atoms with Crippen molar-refractivity contribution in [3.8, 4) is 0 Å². The van der Waals surface area contributed by atoms with Gasteiger partial charge in [-0.15, -0.1) is 0 Å². The largest absolute Gasteiger partial charge is 0.337 e. The molecule has 0 aromatic carbocycles. The average molecular weight is 252 g/mol. The standard InChI is InChI=1S/C15H28N2O/c1-10-9-13(7-8-14(10)16)15(18)17-11(2)5-4-6-12(17)3/h10-14H,4-9,16H2,1-3H3/t10?,11-,12+,13?,14?. The minimum Gasteiger partial charge on any atom is -0.337 e. The molecule has 1 amide bonds. The number of carbonyl (C=O) groups excluding carboxylic acids is 1. The average Bonchev–Trinajstić information content (AvgIpc) is 2.32. The highest BCUT2D eigenvalue weighted by Gasteiger charge is 2.36. The third-order valence-corrected chi connectivity index (χ3v) is 5.03. The van der Waals surface area contributed by atoms with Gasteiger partial charge in [0.15, 0.2) is 0 Å².